The molecular formula is C22H20N2S2. The van der Waals surface area contributed by atoms with Gasteiger partial charge in [-0.25, -0.2) is 9.97 Å². The average Bonchev–Trinajstić information content (AvgIpc) is 3.37. The standard InChI is InChI=1S/C22H20N2S2/c1-2-3-7-16-10-12-18(13-11-16)20-15-26-22(24-20)21-23-19(14-25-21)17-8-5-4-6-9-17/h4-6,8-15H,2-3,7H2,1H3. The SMILES string of the molecule is CCCCc1ccc(-c2csc(-c3nc(-c4ccccc4)cs3)n2)cc1. The number of benzene rings is 2. The zero-order valence-electron chi connectivity index (χ0n) is 14.7. The van der Waals surface area contributed by atoms with Crippen molar-refractivity contribution in [3.8, 4) is 32.5 Å². The Morgan fingerprint density at radius 3 is 1.88 bits per heavy atom. The molecule has 4 rings (SSSR count). The minimum Gasteiger partial charge on any atom is -0.233 e. The molecule has 0 atom stereocenters. The lowest BCUT2D eigenvalue weighted by molar-refractivity contribution is 0.795. The van der Waals surface area contributed by atoms with Crippen molar-refractivity contribution in [2.24, 2.45) is 0 Å². The second kappa shape index (κ2) is 7.94. The zero-order valence-corrected chi connectivity index (χ0v) is 16.3. The highest BCUT2D eigenvalue weighted by Crippen LogP contribution is 2.33. The van der Waals surface area contributed by atoms with Crippen LogP contribution in [0.2, 0.25) is 0 Å². The highest BCUT2D eigenvalue weighted by Gasteiger charge is 2.11. The van der Waals surface area contributed by atoms with Gasteiger partial charge in [-0.3, -0.25) is 0 Å². The first-order chi connectivity index (χ1) is 12.8. The maximum Gasteiger partial charge on any atom is 0.152 e. The lowest BCUT2D eigenvalue weighted by Crippen LogP contribution is -1.85. The Bertz CT molecular complexity index is 969. The van der Waals surface area contributed by atoms with Crippen molar-refractivity contribution in [2.45, 2.75) is 26.2 Å². The molecule has 0 unspecified atom stereocenters. The molecule has 0 bridgehead atoms. The van der Waals surface area contributed by atoms with Crippen LogP contribution in [-0.4, -0.2) is 9.97 Å². The Labute approximate surface area is 162 Å². The van der Waals surface area contributed by atoms with Gasteiger partial charge in [0, 0.05) is 21.9 Å². The normalized spacial score (nSPS) is 11.0. The molecule has 2 aromatic heterocycles. The van der Waals surface area contributed by atoms with Gasteiger partial charge in [0.25, 0.3) is 0 Å². The molecule has 2 nitrogen and oxygen atoms in total. The van der Waals surface area contributed by atoms with Gasteiger partial charge in [0.2, 0.25) is 0 Å². The van der Waals surface area contributed by atoms with Gasteiger partial charge in [-0.1, -0.05) is 67.9 Å². The van der Waals surface area contributed by atoms with Gasteiger partial charge in [0.1, 0.15) is 0 Å². The van der Waals surface area contributed by atoms with Gasteiger partial charge in [0.05, 0.1) is 11.4 Å². The molecule has 0 N–H and O–H groups in total. The molecule has 2 aromatic carbocycles. The first kappa shape index (κ1) is 17.1. The minimum absolute atomic E-state index is 0.986. The summed E-state index contributed by atoms with van der Waals surface area (Å²) in [7, 11) is 0. The lowest BCUT2D eigenvalue weighted by Gasteiger charge is -2.01. The first-order valence-electron chi connectivity index (χ1n) is 8.89. The largest absolute Gasteiger partial charge is 0.233 e. The van der Waals surface area contributed by atoms with E-state index in [0.29, 0.717) is 0 Å². The lowest BCUT2D eigenvalue weighted by atomic mass is 10.1. The van der Waals surface area contributed by atoms with Crippen molar-refractivity contribution in [3.05, 3.63) is 70.9 Å². The Kier molecular flexibility index (Phi) is 5.23. The van der Waals surface area contributed by atoms with E-state index in [1.807, 2.05) is 18.2 Å². The second-order valence-electron chi connectivity index (χ2n) is 6.24. The summed E-state index contributed by atoms with van der Waals surface area (Å²) in [6.45, 7) is 2.23. The van der Waals surface area contributed by atoms with E-state index in [0.717, 1.165) is 33.4 Å². The maximum absolute atomic E-state index is 4.82. The van der Waals surface area contributed by atoms with E-state index in [4.69, 9.17) is 9.97 Å². The molecule has 0 amide bonds. The van der Waals surface area contributed by atoms with Crippen molar-refractivity contribution < 1.29 is 0 Å². The van der Waals surface area contributed by atoms with E-state index in [1.54, 1.807) is 22.7 Å². The van der Waals surface area contributed by atoms with Crippen molar-refractivity contribution in [1.29, 1.82) is 0 Å². The van der Waals surface area contributed by atoms with Gasteiger partial charge >= 0.3 is 0 Å². The molecule has 4 aromatic rings. The van der Waals surface area contributed by atoms with Crippen LogP contribution in [0.5, 0.6) is 0 Å². The highest BCUT2D eigenvalue weighted by molar-refractivity contribution is 7.20. The predicted octanol–water partition coefficient (Wildman–Crippen LogP) is 6.94. The smallest absolute Gasteiger partial charge is 0.152 e. The fourth-order valence-electron chi connectivity index (χ4n) is 2.84. The fraction of sp³-hybridized carbons (Fsp3) is 0.182. The summed E-state index contributed by atoms with van der Waals surface area (Å²) >= 11 is 3.32. The third kappa shape index (κ3) is 3.76. The Hall–Kier alpha value is -2.30. The molecule has 4 heteroatoms. The Morgan fingerprint density at radius 2 is 1.31 bits per heavy atom. The molecule has 0 aliphatic carbocycles. The van der Waals surface area contributed by atoms with Gasteiger partial charge < -0.3 is 0 Å². The molecule has 0 fully saturated rings. The number of rotatable bonds is 6. The van der Waals surface area contributed by atoms with E-state index < -0.39 is 0 Å². The number of aryl methyl sites for hydroxylation is 1. The molecule has 0 radical (unpaired) electrons. The van der Waals surface area contributed by atoms with Crippen molar-refractivity contribution in [3.63, 3.8) is 0 Å². The third-order valence-electron chi connectivity index (χ3n) is 4.33. The summed E-state index contributed by atoms with van der Waals surface area (Å²) in [6, 6.07) is 19.1. The monoisotopic (exact) mass is 376 g/mol. The summed E-state index contributed by atoms with van der Waals surface area (Å²) in [5.74, 6) is 0. The molecule has 0 saturated carbocycles. The zero-order chi connectivity index (χ0) is 17.8. The number of hydrogen-bond donors (Lipinski definition) is 0. The van der Waals surface area contributed by atoms with Crippen molar-refractivity contribution in [1.82, 2.24) is 9.97 Å². The number of aromatic nitrogens is 2. The van der Waals surface area contributed by atoms with Gasteiger partial charge in [-0.15, -0.1) is 22.7 Å². The van der Waals surface area contributed by atoms with Crippen molar-refractivity contribution in [2.75, 3.05) is 0 Å². The fourth-order valence-corrected chi connectivity index (χ4v) is 4.55. The number of hydrogen-bond acceptors (Lipinski definition) is 4. The van der Waals surface area contributed by atoms with E-state index in [2.05, 4.69) is 54.1 Å². The van der Waals surface area contributed by atoms with Gasteiger partial charge in [-0.2, -0.15) is 0 Å². The summed E-state index contributed by atoms with van der Waals surface area (Å²) in [6.07, 6.45) is 3.63. The Morgan fingerprint density at radius 1 is 0.731 bits per heavy atom. The van der Waals surface area contributed by atoms with E-state index in [-0.39, 0.29) is 0 Å². The van der Waals surface area contributed by atoms with Crippen LogP contribution in [0.15, 0.2) is 65.4 Å². The second-order valence-corrected chi connectivity index (χ2v) is 7.96. The third-order valence-corrected chi connectivity index (χ3v) is 6.16. The minimum atomic E-state index is 0.986. The van der Waals surface area contributed by atoms with Crippen LogP contribution in [0.4, 0.5) is 0 Å². The van der Waals surface area contributed by atoms with Crippen LogP contribution in [0.25, 0.3) is 32.5 Å². The number of unbranched alkanes of at least 4 members (excludes halogenated alkanes) is 1. The quantitative estimate of drug-likeness (QED) is 0.364. The van der Waals surface area contributed by atoms with Crippen molar-refractivity contribution >= 4 is 22.7 Å². The molecule has 130 valence electrons. The van der Waals surface area contributed by atoms with E-state index >= 15 is 0 Å². The van der Waals surface area contributed by atoms with Gasteiger partial charge in [-0.05, 0) is 18.4 Å². The Balaban J connectivity index is 1.54. The van der Waals surface area contributed by atoms with Crippen LogP contribution in [0, 0.1) is 0 Å². The van der Waals surface area contributed by atoms with Crippen LogP contribution >= 0.6 is 22.7 Å². The molecule has 26 heavy (non-hydrogen) atoms. The van der Waals surface area contributed by atoms with E-state index in [9.17, 15) is 0 Å². The average molecular weight is 377 g/mol. The van der Waals surface area contributed by atoms with E-state index in [1.165, 1.54) is 24.0 Å². The molecule has 0 aliphatic rings. The van der Waals surface area contributed by atoms with Crippen LogP contribution in [0.3, 0.4) is 0 Å². The maximum atomic E-state index is 4.82. The molecule has 2 heterocycles. The molecular weight excluding hydrogens is 356 g/mol. The number of thiazole rings is 2. The first-order valence-corrected chi connectivity index (χ1v) is 10.7. The predicted molar refractivity (Wildman–Crippen MR) is 113 cm³/mol. The summed E-state index contributed by atoms with van der Waals surface area (Å²) in [4.78, 5) is 9.59. The number of nitrogens with zero attached hydrogens (tertiary/aromatic N) is 2. The van der Waals surface area contributed by atoms with Crippen LogP contribution < -0.4 is 0 Å². The summed E-state index contributed by atoms with van der Waals surface area (Å²) in [5, 5.41) is 6.20. The topological polar surface area (TPSA) is 25.8 Å². The highest BCUT2D eigenvalue weighted by atomic mass is 32.1. The summed E-state index contributed by atoms with van der Waals surface area (Å²) in [5.41, 5.74) is 5.77. The molecule has 0 saturated heterocycles. The molecule has 0 spiro atoms. The summed E-state index contributed by atoms with van der Waals surface area (Å²) < 4.78 is 0. The molecule has 0 aliphatic heterocycles. The van der Waals surface area contributed by atoms with Crippen LogP contribution in [0.1, 0.15) is 25.3 Å². The van der Waals surface area contributed by atoms with Gasteiger partial charge in [0.15, 0.2) is 10.0 Å². The van der Waals surface area contributed by atoms with Crippen LogP contribution in [-0.2, 0) is 6.42 Å².